The van der Waals surface area contributed by atoms with E-state index in [2.05, 4.69) is 9.72 Å². The minimum absolute atomic E-state index is 0.266. The van der Waals surface area contributed by atoms with Crippen molar-refractivity contribution in [3.8, 4) is 0 Å². The Balaban J connectivity index is 3.40. The molecule has 0 fully saturated rings. The standard InChI is InChI=1S/C8H7ClF2N2O2/c1-15-8(14)3-2-13-6(9)5(12)4(3)7(10)11/h2,7H,12H2,1H3. The zero-order chi connectivity index (χ0) is 11.6. The van der Waals surface area contributed by atoms with Gasteiger partial charge in [-0.15, -0.1) is 0 Å². The van der Waals surface area contributed by atoms with Crippen molar-refractivity contribution in [2.45, 2.75) is 6.43 Å². The molecule has 0 unspecified atom stereocenters. The Bertz CT molecular complexity index is 398. The number of methoxy groups -OCH3 is 1. The molecule has 1 rings (SSSR count). The number of nitrogens with zero attached hydrogens (tertiary/aromatic N) is 1. The van der Waals surface area contributed by atoms with Gasteiger partial charge in [0.1, 0.15) is 0 Å². The highest BCUT2D eigenvalue weighted by molar-refractivity contribution is 6.32. The monoisotopic (exact) mass is 236 g/mol. The van der Waals surface area contributed by atoms with Gasteiger partial charge < -0.3 is 10.5 Å². The normalized spacial score (nSPS) is 10.5. The van der Waals surface area contributed by atoms with E-state index in [0.717, 1.165) is 13.3 Å². The lowest BCUT2D eigenvalue weighted by Gasteiger charge is -2.10. The van der Waals surface area contributed by atoms with Gasteiger partial charge in [-0.2, -0.15) is 0 Å². The summed E-state index contributed by atoms with van der Waals surface area (Å²) in [5.41, 5.74) is 3.86. The number of alkyl halides is 2. The van der Waals surface area contributed by atoms with Gasteiger partial charge in [-0.3, -0.25) is 0 Å². The average molecular weight is 237 g/mol. The molecule has 2 N–H and O–H groups in total. The van der Waals surface area contributed by atoms with Gasteiger partial charge in [0.2, 0.25) is 0 Å². The highest BCUT2D eigenvalue weighted by Crippen LogP contribution is 2.32. The second-order valence-electron chi connectivity index (χ2n) is 2.58. The van der Waals surface area contributed by atoms with Crippen molar-refractivity contribution in [2.75, 3.05) is 12.8 Å². The molecule has 0 saturated carbocycles. The van der Waals surface area contributed by atoms with Gasteiger partial charge in [0.25, 0.3) is 6.43 Å². The number of aromatic nitrogens is 1. The third-order valence-corrected chi connectivity index (χ3v) is 2.03. The summed E-state index contributed by atoms with van der Waals surface area (Å²) in [5, 5.41) is -0.266. The van der Waals surface area contributed by atoms with Crippen LogP contribution < -0.4 is 5.73 Å². The summed E-state index contributed by atoms with van der Waals surface area (Å²) in [6.07, 6.45) is -2.01. The van der Waals surface area contributed by atoms with Crippen LogP contribution in [0.2, 0.25) is 5.15 Å². The van der Waals surface area contributed by atoms with Crippen LogP contribution in [-0.2, 0) is 4.74 Å². The summed E-state index contributed by atoms with van der Waals surface area (Å²) in [7, 11) is 1.07. The molecule has 0 amide bonds. The molecule has 0 atom stereocenters. The summed E-state index contributed by atoms with van der Waals surface area (Å²) in [4.78, 5) is 14.6. The number of ether oxygens (including phenoxy) is 1. The van der Waals surface area contributed by atoms with E-state index in [1.54, 1.807) is 0 Å². The molecule has 0 saturated heterocycles. The maximum Gasteiger partial charge on any atom is 0.340 e. The maximum atomic E-state index is 12.6. The number of carbonyl (C=O) groups is 1. The molecular weight excluding hydrogens is 230 g/mol. The van der Waals surface area contributed by atoms with Crippen molar-refractivity contribution in [1.82, 2.24) is 4.98 Å². The number of esters is 1. The van der Waals surface area contributed by atoms with Crippen LogP contribution in [-0.4, -0.2) is 18.1 Å². The van der Waals surface area contributed by atoms with Crippen LogP contribution in [0.4, 0.5) is 14.5 Å². The van der Waals surface area contributed by atoms with Gasteiger partial charge >= 0.3 is 5.97 Å². The lowest BCUT2D eigenvalue weighted by molar-refractivity contribution is 0.0589. The average Bonchev–Trinajstić information content (AvgIpc) is 2.20. The van der Waals surface area contributed by atoms with E-state index in [-0.39, 0.29) is 10.7 Å². The number of carbonyl (C=O) groups excluding carboxylic acids is 1. The lowest BCUT2D eigenvalue weighted by Crippen LogP contribution is -2.10. The highest BCUT2D eigenvalue weighted by Gasteiger charge is 2.24. The van der Waals surface area contributed by atoms with Crippen molar-refractivity contribution >= 4 is 23.3 Å². The number of hydrogen-bond acceptors (Lipinski definition) is 4. The largest absolute Gasteiger partial charge is 0.465 e. The lowest BCUT2D eigenvalue weighted by atomic mass is 10.1. The molecule has 7 heteroatoms. The van der Waals surface area contributed by atoms with E-state index in [0.29, 0.717) is 0 Å². The van der Waals surface area contributed by atoms with Gasteiger partial charge in [0.15, 0.2) is 5.15 Å². The molecule has 0 spiro atoms. The van der Waals surface area contributed by atoms with Crippen molar-refractivity contribution < 1.29 is 18.3 Å². The fourth-order valence-corrected chi connectivity index (χ4v) is 1.17. The SMILES string of the molecule is COC(=O)c1cnc(Cl)c(N)c1C(F)F. The molecule has 0 aromatic carbocycles. The number of halogens is 3. The van der Waals surface area contributed by atoms with Gasteiger partial charge in [0, 0.05) is 6.20 Å². The van der Waals surface area contributed by atoms with E-state index in [4.69, 9.17) is 17.3 Å². The van der Waals surface area contributed by atoms with Crippen molar-refractivity contribution in [3.05, 3.63) is 22.5 Å². The van der Waals surface area contributed by atoms with Crippen LogP contribution in [0.25, 0.3) is 0 Å². The van der Waals surface area contributed by atoms with E-state index in [1.165, 1.54) is 0 Å². The van der Waals surface area contributed by atoms with E-state index in [1.807, 2.05) is 0 Å². The smallest absolute Gasteiger partial charge is 0.340 e. The Morgan fingerprint density at radius 3 is 2.73 bits per heavy atom. The summed E-state index contributed by atoms with van der Waals surface area (Å²) >= 11 is 5.46. The molecule has 1 aromatic heterocycles. The molecule has 15 heavy (non-hydrogen) atoms. The van der Waals surface area contributed by atoms with Gasteiger partial charge in [-0.05, 0) is 0 Å². The quantitative estimate of drug-likeness (QED) is 0.630. The Morgan fingerprint density at radius 2 is 2.27 bits per heavy atom. The van der Waals surface area contributed by atoms with Crippen LogP contribution in [0.1, 0.15) is 22.3 Å². The van der Waals surface area contributed by atoms with Crippen molar-refractivity contribution in [2.24, 2.45) is 0 Å². The second kappa shape index (κ2) is 4.39. The summed E-state index contributed by atoms with van der Waals surface area (Å²) < 4.78 is 29.5. The molecular formula is C8H7ClF2N2O2. The zero-order valence-electron chi connectivity index (χ0n) is 7.63. The zero-order valence-corrected chi connectivity index (χ0v) is 8.39. The Morgan fingerprint density at radius 1 is 1.67 bits per heavy atom. The predicted octanol–water partition coefficient (Wildman–Crippen LogP) is 2.04. The molecule has 82 valence electrons. The van der Waals surface area contributed by atoms with Gasteiger partial charge in [0.05, 0.1) is 23.9 Å². The van der Waals surface area contributed by atoms with Crippen molar-refractivity contribution in [1.29, 1.82) is 0 Å². The van der Waals surface area contributed by atoms with E-state index in [9.17, 15) is 13.6 Å². The van der Waals surface area contributed by atoms with Crippen LogP contribution in [0.15, 0.2) is 6.20 Å². The molecule has 0 aliphatic rings. The third-order valence-electron chi connectivity index (χ3n) is 1.73. The number of hydrogen-bond donors (Lipinski definition) is 1. The summed E-state index contributed by atoms with van der Waals surface area (Å²) in [6.45, 7) is 0. The Hall–Kier alpha value is -1.43. The highest BCUT2D eigenvalue weighted by atomic mass is 35.5. The molecule has 0 bridgehead atoms. The number of pyridine rings is 1. The molecule has 1 aromatic rings. The maximum absolute atomic E-state index is 12.6. The molecule has 1 heterocycles. The number of nitrogen functional groups attached to an aromatic ring is 1. The van der Waals surface area contributed by atoms with Crippen LogP contribution in [0.3, 0.4) is 0 Å². The van der Waals surface area contributed by atoms with E-state index >= 15 is 0 Å². The Kier molecular flexibility index (Phi) is 3.41. The first kappa shape index (κ1) is 11.6. The molecule has 4 nitrogen and oxygen atoms in total. The fraction of sp³-hybridized carbons (Fsp3) is 0.250. The van der Waals surface area contributed by atoms with E-state index < -0.39 is 23.6 Å². The first-order valence-corrected chi connectivity index (χ1v) is 4.17. The Labute approximate surface area is 89.0 Å². The minimum atomic E-state index is -2.92. The van der Waals surface area contributed by atoms with Crippen LogP contribution >= 0.6 is 11.6 Å². The van der Waals surface area contributed by atoms with Crippen LogP contribution in [0.5, 0.6) is 0 Å². The number of nitrogens with two attached hydrogens (primary N) is 1. The minimum Gasteiger partial charge on any atom is -0.465 e. The van der Waals surface area contributed by atoms with Gasteiger partial charge in [-0.25, -0.2) is 18.6 Å². The third kappa shape index (κ3) is 2.15. The predicted molar refractivity (Wildman–Crippen MR) is 50.0 cm³/mol. The first-order chi connectivity index (χ1) is 6.99. The summed E-state index contributed by atoms with van der Waals surface area (Å²) in [6, 6.07) is 0. The van der Waals surface area contributed by atoms with Gasteiger partial charge in [-0.1, -0.05) is 11.6 Å². The topological polar surface area (TPSA) is 65.2 Å². The van der Waals surface area contributed by atoms with Crippen molar-refractivity contribution in [3.63, 3.8) is 0 Å². The molecule has 0 aliphatic heterocycles. The fourth-order valence-electron chi connectivity index (χ4n) is 1.02. The summed E-state index contributed by atoms with van der Waals surface area (Å²) in [5.74, 6) is -0.929. The second-order valence-corrected chi connectivity index (χ2v) is 2.94. The molecule has 0 radical (unpaired) electrons. The first-order valence-electron chi connectivity index (χ1n) is 3.79. The number of rotatable bonds is 2. The molecule has 0 aliphatic carbocycles. The van der Waals surface area contributed by atoms with Crippen LogP contribution in [0, 0.1) is 0 Å². The number of anilines is 1.